The van der Waals surface area contributed by atoms with Crippen LogP contribution in [0.5, 0.6) is 0 Å². The molecule has 3 aromatic heterocycles. The van der Waals surface area contributed by atoms with E-state index < -0.39 is 18.1 Å². The predicted octanol–water partition coefficient (Wildman–Crippen LogP) is 13.7. The highest BCUT2D eigenvalue weighted by Crippen LogP contribution is 2.37. The average Bonchev–Trinajstić information content (AvgIpc) is 1.77. The fraction of sp³-hybridized carbons (Fsp3) is 0.333. The van der Waals surface area contributed by atoms with E-state index in [0.29, 0.717) is 17.1 Å². The smallest absolute Gasteiger partial charge is 0.272 e. The van der Waals surface area contributed by atoms with E-state index in [-0.39, 0.29) is 55.3 Å². The minimum absolute atomic E-state index is 0.167. The van der Waals surface area contributed by atoms with Crippen molar-refractivity contribution in [2.75, 3.05) is 19.8 Å². The van der Waals surface area contributed by atoms with Crippen LogP contribution in [0.2, 0.25) is 15.1 Å². The van der Waals surface area contributed by atoms with Crippen LogP contribution in [0, 0.1) is 0 Å². The molecule has 12 rings (SSSR count). The summed E-state index contributed by atoms with van der Waals surface area (Å²) in [5.41, 5.74) is 13.7. The number of nitrogens with one attached hydrogen (secondary N) is 6. The fourth-order valence-corrected chi connectivity index (χ4v) is 13.5. The molecule has 9 N–H and O–H groups in total. The number of nitrogens with zero attached hydrogens (tertiary/aromatic N) is 3. The lowest BCUT2D eigenvalue weighted by Crippen LogP contribution is -2.31. The number of aliphatic hydroxyl groups excluding tert-OH is 3. The summed E-state index contributed by atoms with van der Waals surface area (Å²) in [4.78, 5) is 39.1. The summed E-state index contributed by atoms with van der Waals surface area (Å²) in [6.45, 7) is -0.501. The van der Waals surface area contributed by atoms with Crippen LogP contribution < -0.4 is 16.0 Å². The minimum Gasteiger partial charge on any atom is -0.394 e. The quantitative estimate of drug-likeness (QED) is 0.0371. The maximum Gasteiger partial charge on any atom is 0.272 e. The van der Waals surface area contributed by atoms with Gasteiger partial charge in [0.15, 0.2) is 17.1 Å². The molecule has 0 bridgehead atoms. The molecule has 0 radical (unpaired) electrons. The van der Waals surface area contributed by atoms with Gasteiger partial charge in [0.2, 0.25) is 0 Å². The van der Waals surface area contributed by atoms with Crippen LogP contribution in [-0.2, 0) is 38.5 Å². The van der Waals surface area contributed by atoms with E-state index in [2.05, 4.69) is 64.7 Å². The van der Waals surface area contributed by atoms with Gasteiger partial charge in [0.1, 0.15) is 0 Å². The van der Waals surface area contributed by atoms with E-state index in [1.54, 1.807) is 0 Å². The van der Waals surface area contributed by atoms with Gasteiger partial charge in [-0.25, -0.2) is 0 Å². The maximum atomic E-state index is 13.0. The van der Waals surface area contributed by atoms with Crippen molar-refractivity contribution in [3.8, 4) is 0 Å². The Labute approximate surface area is 540 Å². The first kappa shape index (κ1) is 65.1. The van der Waals surface area contributed by atoms with E-state index >= 15 is 0 Å². The zero-order chi connectivity index (χ0) is 62.8. The first-order valence-corrected chi connectivity index (χ1v) is 32.4. The molecule has 6 atom stereocenters. The Morgan fingerprint density at radius 2 is 0.678 bits per heavy atom. The van der Waals surface area contributed by atoms with Crippen LogP contribution in [0.3, 0.4) is 0 Å². The van der Waals surface area contributed by atoms with Crippen molar-refractivity contribution in [1.82, 2.24) is 46.5 Å². The van der Waals surface area contributed by atoms with Gasteiger partial charge in [0.25, 0.3) is 17.7 Å². The summed E-state index contributed by atoms with van der Waals surface area (Å²) in [6.07, 6.45) is 14.6. The Morgan fingerprint density at radius 1 is 0.400 bits per heavy atom. The number of halogens is 3. The number of aromatic amines is 3. The van der Waals surface area contributed by atoms with E-state index in [1.807, 2.05) is 146 Å². The molecule has 0 unspecified atom stereocenters. The molecule has 3 aliphatic rings. The van der Waals surface area contributed by atoms with Crippen molar-refractivity contribution in [2.24, 2.45) is 0 Å². The average molecular weight is 1270 g/mol. The molecule has 3 aliphatic carbocycles. The van der Waals surface area contributed by atoms with Gasteiger partial charge in [-0.2, -0.15) is 15.3 Å². The van der Waals surface area contributed by atoms with Crippen molar-refractivity contribution in [3.63, 3.8) is 0 Å². The number of benzene rings is 6. The number of hydrogen-bond donors (Lipinski definition) is 9. The summed E-state index contributed by atoms with van der Waals surface area (Å²) in [6, 6.07) is 50.9. The third-order valence-electron chi connectivity index (χ3n) is 17.4. The number of hydrogen-bond acceptors (Lipinski definition) is 9. The van der Waals surface area contributed by atoms with Crippen LogP contribution in [0.1, 0.15) is 192 Å². The predicted molar refractivity (Wildman–Crippen MR) is 353 cm³/mol. The number of fused-ring (bicyclic) bond motifs is 3. The SMILES string of the molecule is O=C(N[C@@H](CO)c1ccccc1)c1n[nH]c2c1CCCC[C@@H]2Cc1cccc(Cl)c1.O=C(N[C@@H](CO)c1ccccc1)c1n[nH]c2c1CCCC[C@H]2Cc1cccc(Cl)c1.O=C(N[C@H](CO)c1ccccc1)c1n[nH]c2c1CCCC[C@@H]2Cc1cccc(Cl)c1. The van der Waals surface area contributed by atoms with Crippen molar-refractivity contribution < 1.29 is 29.7 Å². The monoisotopic (exact) mass is 1270 g/mol. The number of aliphatic hydroxyl groups is 3. The highest BCUT2D eigenvalue weighted by molar-refractivity contribution is 6.31. The Balaban J connectivity index is 0.000000148. The van der Waals surface area contributed by atoms with Gasteiger partial charge in [-0.3, -0.25) is 29.7 Å². The number of carbonyl (C=O) groups excluding carboxylic acids is 3. The molecular formula is C72H78Cl3N9O6. The molecule has 0 saturated heterocycles. The van der Waals surface area contributed by atoms with Crippen molar-refractivity contribution in [1.29, 1.82) is 0 Å². The molecule has 468 valence electrons. The molecule has 3 amide bonds. The Kier molecular flexibility index (Phi) is 23.3. The number of aromatic nitrogens is 6. The Hall–Kier alpha value is -7.89. The molecule has 6 aromatic carbocycles. The molecule has 18 heteroatoms. The van der Waals surface area contributed by atoms with Crippen LogP contribution in [0.15, 0.2) is 164 Å². The molecular weight excluding hydrogens is 1190 g/mol. The summed E-state index contributed by atoms with van der Waals surface area (Å²) in [5.74, 6) is 0.0739. The fourth-order valence-electron chi connectivity index (χ4n) is 12.9. The van der Waals surface area contributed by atoms with Gasteiger partial charge in [-0.05, 0) is 147 Å². The molecule has 3 heterocycles. The summed E-state index contributed by atoms with van der Waals surface area (Å²) >= 11 is 18.5. The van der Waals surface area contributed by atoms with Crippen LogP contribution in [-0.4, -0.2) is 83.5 Å². The Bertz CT molecular complexity index is 3400. The van der Waals surface area contributed by atoms with Crippen molar-refractivity contribution >= 4 is 52.5 Å². The number of amides is 3. The topological polar surface area (TPSA) is 234 Å². The lowest BCUT2D eigenvalue weighted by molar-refractivity contribution is 0.0903. The normalized spacial score (nSPS) is 17.1. The van der Waals surface area contributed by atoms with Crippen molar-refractivity contribution in [3.05, 3.63) is 263 Å². The largest absolute Gasteiger partial charge is 0.394 e. The second-order valence-corrected chi connectivity index (χ2v) is 24.9. The van der Waals surface area contributed by atoms with E-state index in [4.69, 9.17) is 34.8 Å². The summed E-state index contributed by atoms with van der Waals surface area (Å²) in [5, 5.41) is 63.0. The third kappa shape index (κ3) is 16.9. The van der Waals surface area contributed by atoms with Crippen molar-refractivity contribution in [2.45, 2.75) is 132 Å². The van der Waals surface area contributed by atoms with Gasteiger partial charge in [0.05, 0.1) is 37.9 Å². The first-order valence-electron chi connectivity index (χ1n) is 31.3. The third-order valence-corrected chi connectivity index (χ3v) is 18.1. The standard InChI is InChI=1S/3C24H26ClN3O2/c3*25-19-11-6-7-16(14-19)13-18-10-4-5-12-20-22(18)27-28-23(20)24(30)26-21(15-29)17-8-2-1-3-9-17/h3*1-3,6-9,11,14,18,21,29H,4-5,10,12-13,15H2,(H,26,30)(H,27,28)/t18-,21+;2*18-,21-/m110/s1. The number of H-pyrrole nitrogens is 3. The molecule has 0 fully saturated rings. The number of carbonyl (C=O) groups is 3. The molecule has 90 heavy (non-hydrogen) atoms. The lowest BCUT2D eigenvalue weighted by atomic mass is 9.91. The van der Waals surface area contributed by atoms with Crippen LogP contribution in [0.25, 0.3) is 0 Å². The maximum absolute atomic E-state index is 13.0. The van der Waals surface area contributed by atoms with Gasteiger partial charge < -0.3 is 31.3 Å². The van der Waals surface area contributed by atoms with Crippen LogP contribution in [0.4, 0.5) is 0 Å². The first-order chi connectivity index (χ1) is 44.0. The van der Waals surface area contributed by atoms with E-state index in [9.17, 15) is 29.7 Å². The summed E-state index contributed by atoms with van der Waals surface area (Å²) in [7, 11) is 0. The number of rotatable bonds is 18. The highest BCUT2D eigenvalue weighted by Gasteiger charge is 2.32. The van der Waals surface area contributed by atoms with Crippen LogP contribution >= 0.6 is 34.8 Å². The van der Waals surface area contributed by atoms with Gasteiger partial charge >= 0.3 is 0 Å². The molecule has 0 aliphatic heterocycles. The van der Waals surface area contributed by atoms with Gasteiger partial charge in [-0.15, -0.1) is 0 Å². The van der Waals surface area contributed by atoms with E-state index in [0.717, 1.165) is 162 Å². The zero-order valence-corrected chi connectivity index (χ0v) is 52.6. The van der Waals surface area contributed by atoms with E-state index in [1.165, 1.54) is 16.7 Å². The minimum atomic E-state index is -0.459. The second-order valence-electron chi connectivity index (χ2n) is 23.6. The zero-order valence-electron chi connectivity index (χ0n) is 50.3. The Morgan fingerprint density at radius 3 is 0.933 bits per heavy atom. The highest BCUT2D eigenvalue weighted by atomic mass is 35.5. The molecule has 0 saturated carbocycles. The molecule has 0 spiro atoms. The lowest BCUT2D eigenvalue weighted by Gasteiger charge is -2.17. The van der Waals surface area contributed by atoms with Gasteiger partial charge in [-0.1, -0.05) is 181 Å². The summed E-state index contributed by atoms with van der Waals surface area (Å²) < 4.78 is 0. The molecule has 9 aromatic rings. The van der Waals surface area contributed by atoms with Gasteiger partial charge in [0, 0.05) is 66.6 Å². The second kappa shape index (κ2) is 32.2. The molecule has 15 nitrogen and oxygen atoms in total.